The largest absolute Gasteiger partial charge is 0.375 e. The molecule has 0 saturated carbocycles. The quantitative estimate of drug-likeness (QED) is 0.909. The Labute approximate surface area is 114 Å². The minimum atomic E-state index is 0.274. The molecule has 3 nitrogen and oxygen atoms in total. The summed E-state index contributed by atoms with van der Waals surface area (Å²) < 4.78 is 5.55. The molecule has 1 aliphatic heterocycles. The van der Waals surface area contributed by atoms with E-state index in [1.54, 1.807) is 0 Å². The maximum atomic E-state index is 6.38. The van der Waals surface area contributed by atoms with Crippen molar-refractivity contribution in [3.05, 3.63) is 28.8 Å². The molecule has 1 fully saturated rings. The van der Waals surface area contributed by atoms with Crippen LogP contribution in [0.4, 0.5) is 5.69 Å². The molecule has 18 heavy (non-hydrogen) atoms. The summed E-state index contributed by atoms with van der Waals surface area (Å²) in [5, 5.41) is 4.14. The average molecular weight is 269 g/mol. The normalized spacial score (nSPS) is 20.2. The molecule has 1 aromatic carbocycles. The van der Waals surface area contributed by atoms with Gasteiger partial charge < -0.3 is 15.0 Å². The molecule has 2 rings (SSSR count). The van der Waals surface area contributed by atoms with Crippen molar-refractivity contribution in [3.8, 4) is 0 Å². The predicted molar refractivity (Wildman–Crippen MR) is 76.5 cm³/mol. The van der Waals surface area contributed by atoms with E-state index < -0.39 is 0 Å². The highest BCUT2D eigenvalue weighted by molar-refractivity contribution is 6.33. The van der Waals surface area contributed by atoms with Crippen molar-refractivity contribution in [2.45, 2.75) is 26.5 Å². The Bertz CT molecular complexity index is 397. The van der Waals surface area contributed by atoms with Gasteiger partial charge in [-0.2, -0.15) is 0 Å². The van der Waals surface area contributed by atoms with Crippen LogP contribution in [-0.2, 0) is 11.3 Å². The fourth-order valence-corrected chi connectivity index (χ4v) is 2.55. The van der Waals surface area contributed by atoms with Crippen LogP contribution in [0.5, 0.6) is 0 Å². The third-order valence-corrected chi connectivity index (χ3v) is 3.48. The van der Waals surface area contributed by atoms with Crippen LogP contribution in [0, 0.1) is 0 Å². The van der Waals surface area contributed by atoms with Gasteiger partial charge in [0.05, 0.1) is 23.4 Å². The third-order valence-electron chi connectivity index (χ3n) is 3.17. The average Bonchev–Trinajstić information content (AvgIpc) is 2.36. The molecule has 0 aromatic heterocycles. The van der Waals surface area contributed by atoms with E-state index in [0.717, 1.165) is 43.5 Å². The molecule has 0 aliphatic carbocycles. The van der Waals surface area contributed by atoms with Gasteiger partial charge in [0.1, 0.15) is 0 Å². The summed E-state index contributed by atoms with van der Waals surface area (Å²) in [7, 11) is 0. The molecule has 0 radical (unpaired) electrons. The Morgan fingerprint density at radius 2 is 2.33 bits per heavy atom. The summed E-state index contributed by atoms with van der Waals surface area (Å²) >= 11 is 6.38. The molecule has 0 amide bonds. The first kappa shape index (κ1) is 13.7. The molecule has 0 bridgehead atoms. The molecule has 1 unspecified atom stereocenters. The minimum absolute atomic E-state index is 0.274. The number of benzene rings is 1. The summed E-state index contributed by atoms with van der Waals surface area (Å²) in [6.07, 6.45) is 0.274. The van der Waals surface area contributed by atoms with E-state index in [1.807, 2.05) is 0 Å². The van der Waals surface area contributed by atoms with Gasteiger partial charge in [-0.15, -0.1) is 0 Å². The van der Waals surface area contributed by atoms with Crippen LogP contribution in [0.1, 0.15) is 19.4 Å². The molecule has 1 heterocycles. The zero-order valence-corrected chi connectivity index (χ0v) is 11.8. The SMILES string of the molecule is CCNCc1ccc(N2CCOC(C)C2)c(Cl)c1. The maximum absolute atomic E-state index is 6.38. The number of nitrogens with one attached hydrogen (secondary N) is 1. The van der Waals surface area contributed by atoms with E-state index in [-0.39, 0.29) is 6.10 Å². The van der Waals surface area contributed by atoms with Crippen LogP contribution in [0.2, 0.25) is 5.02 Å². The number of nitrogens with zero attached hydrogens (tertiary/aromatic N) is 1. The Hall–Kier alpha value is -0.770. The van der Waals surface area contributed by atoms with Gasteiger partial charge in [0.15, 0.2) is 0 Å². The van der Waals surface area contributed by atoms with Gasteiger partial charge in [-0.1, -0.05) is 24.6 Å². The lowest BCUT2D eigenvalue weighted by atomic mass is 10.1. The fraction of sp³-hybridized carbons (Fsp3) is 0.571. The van der Waals surface area contributed by atoms with Crippen molar-refractivity contribution < 1.29 is 4.74 Å². The Morgan fingerprint density at radius 3 is 3.00 bits per heavy atom. The van der Waals surface area contributed by atoms with Crippen molar-refractivity contribution in [2.24, 2.45) is 0 Å². The summed E-state index contributed by atoms with van der Waals surface area (Å²) in [6.45, 7) is 8.64. The van der Waals surface area contributed by atoms with Crippen LogP contribution in [-0.4, -0.2) is 32.3 Å². The lowest BCUT2D eigenvalue weighted by Gasteiger charge is -2.33. The zero-order valence-electron chi connectivity index (χ0n) is 11.1. The molecule has 1 atom stereocenters. The van der Waals surface area contributed by atoms with Crippen LogP contribution in [0.15, 0.2) is 18.2 Å². The second-order valence-corrected chi connectivity index (χ2v) is 5.10. The Morgan fingerprint density at radius 1 is 1.50 bits per heavy atom. The Kier molecular flexibility index (Phi) is 4.87. The molecule has 1 N–H and O–H groups in total. The highest BCUT2D eigenvalue weighted by Gasteiger charge is 2.18. The second kappa shape index (κ2) is 6.41. The molecule has 1 saturated heterocycles. The monoisotopic (exact) mass is 268 g/mol. The second-order valence-electron chi connectivity index (χ2n) is 4.69. The van der Waals surface area contributed by atoms with Gasteiger partial charge in [0.25, 0.3) is 0 Å². The highest BCUT2D eigenvalue weighted by Crippen LogP contribution is 2.28. The lowest BCUT2D eigenvalue weighted by Crippen LogP contribution is -2.41. The van der Waals surface area contributed by atoms with Crippen LogP contribution < -0.4 is 10.2 Å². The van der Waals surface area contributed by atoms with Gasteiger partial charge in [-0.05, 0) is 31.2 Å². The maximum Gasteiger partial charge on any atom is 0.0722 e. The van der Waals surface area contributed by atoms with Crippen molar-refractivity contribution in [3.63, 3.8) is 0 Å². The predicted octanol–water partition coefficient (Wildman–Crippen LogP) is 2.67. The molecule has 4 heteroatoms. The van der Waals surface area contributed by atoms with E-state index in [0.29, 0.717) is 0 Å². The first-order valence-corrected chi connectivity index (χ1v) is 6.94. The van der Waals surface area contributed by atoms with Gasteiger partial charge >= 0.3 is 0 Å². The van der Waals surface area contributed by atoms with Gasteiger partial charge in [-0.3, -0.25) is 0 Å². The smallest absolute Gasteiger partial charge is 0.0722 e. The van der Waals surface area contributed by atoms with Crippen molar-refractivity contribution >= 4 is 17.3 Å². The molecule has 0 spiro atoms. The van der Waals surface area contributed by atoms with E-state index in [1.165, 1.54) is 5.56 Å². The van der Waals surface area contributed by atoms with Crippen molar-refractivity contribution in [1.29, 1.82) is 0 Å². The zero-order chi connectivity index (χ0) is 13.0. The van der Waals surface area contributed by atoms with Crippen molar-refractivity contribution in [2.75, 3.05) is 31.1 Å². The number of hydrogen-bond acceptors (Lipinski definition) is 3. The van der Waals surface area contributed by atoms with Gasteiger partial charge in [-0.25, -0.2) is 0 Å². The van der Waals surface area contributed by atoms with Gasteiger partial charge in [0.2, 0.25) is 0 Å². The van der Waals surface area contributed by atoms with Crippen LogP contribution >= 0.6 is 11.6 Å². The number of anilines is 1. The topological polar surface area (TPSA) is 24.5 Å². The van der Waals surface area contributed by atoms with E-state index >= 15 is 0 Å². The van der Waals surface area contributed by atoms with Crippen LogP contribution in [0.25, 0.3) is 0 Å². The molecule has 1 aromatic rings. The van der Waals surface area contributed by atoms with E-state index in [2.05, 4.69) is 42.3 Å². The summed E-state index contributed by atoms with van der Waals surface area (Å²) in [6, 6.07) is 6.32. The van der Waals surface area contributed by atoms with E-state index in [9.17, 15) is 0 Å². The number of morpholine rings is 1. The van der Waals surface area contributed by atoms with Crippen LogP contribution in [0.3, 0.4) is 0 Å². The van der Waals surface area contributed by atoms with E-state index in [4.69, 9.17) is 16.3 Å². The first-order valence-electron chi connectivity index (χ1n) is 6.56. The molecule has 100 valence electrons. The molecular weight excluding hydrogens is 248 g/mol. The third kappa shape index (κ3) is 3.37. The highest BCUT2D eigenvalue weighted by atomic mass is 35.5. The standard InChI is InChI=1S/C14H21ClN2O/c1-3-16-9-12-4-5-14(13(15)8-12)17-6-7-18-11(2)10-17/h4-5,8,11,16H,3,6-7,9-10H2,1-2H3. The summed E-state index contributed by atoms with van der Waals surface area (Å²) in [5.41, 5.74) is 2.35. The number of ether oxygens (including phenoxy) is 1. The minimum Gasteiger partial charge on any atom is -0.375 e. The Balaban J connectivity index is 2.08. The molecular formula is C14H21ClN2O. The number of hydrogen-bond donors (Lipinski definition) is 1. The summed E-state index contributed by atoms with van der Waals surface area (Å²) in [4.78, 5) is 2.30. The number of halogens is 1. The number of rotatable bonds is 4. The fourth-order valence-electron chi connectivity index (χ4n) is 2.22. The van der Waals surface area contributed by atoms with Crippen molar-refractivity contribution in [1.82, 2.24) is 5.32 Å². The first-order chi connectivity index (χ1) is 8.70. The summed E-state index contributed by atoms with van der Waals surface area (Å²) in [5.74, 6) is 0. The lowest BCUT2D eigenvalue weighted by molar-refractivity contribution is 0.0532. The molecule has 1 aliphatic rings. The van der Waals surface area contributed by atoms with Gasteiger partial charge in [0, 0.05) is 19.6 Å².